The Morgan fingerprint density at radius 3 is 2.68 bits per heavy atom. The highest BCUT2D eigenvalue weighted by atomic mass is 32.1. The number of hydrogen-bond donors (Lipinski definition) is 1. The summed E-state index contributed by atoms with van der Waals surface area (Å²) in [5, 5.41) is 7.88. The molecule has 0 fully saturated rings. The molecule has 1 amide bonds. The Bertz CT molecular complexity index is 900. The lowest BCUT2D eigenvalue weighted by molar-refractivity contribution is -0.121. The van der Waals surface area contributed by atoms with E-state index in [0.717, 1.165) is 26.7 Å². The standard InChI is InChI=1S/C18H20N4O2S/c1-10-7-5-6-8-14(10)17-21-18(24-22-17)11(2)19-16(23)9-15-12(3)25-13(4)20-15/h5-8,11H,9H2,1-4H3,(H,19,23). The number of benzene rings is 1. The van der Waals surface area contributed by atoms with Gasteiger partial charge in [0.2, 0.25) is 17.6 Å². The molecule has 6 nitrogen and oxygen atoms in total. The summed E-state index contributed by atoms with van der Waals surface area (Å²) in [5.41, 5.74) is 2.81. The molecule has 0 spiro atoms. The van der Waals surface area contributed by atoms with Crippen molar-refractivity contribution < 1.29 is 9.32 Å². The van der Waals surface area contributed by atoms with Gasteiger partial charge in [0, 0.05) is 10.4 Å². The maximum atomic E-state index is 12.3. The van der Waals surface area contributed by atoms with Crippen LogP contribution in [0.4, 0.5) is 0 Å². The van der Waals surface area contributed by atoms with Crippen LogP contribution < -0.4 is 5.32 Å². The van der Waals surface area contributed by atoms with Crippen LogP contribution >= 0.6 is 11.3 Å². The lowest BCUT2D eigenvalue weighted by Crippen LogP contribution is -2.28. The van der Waals surface area contributed by atoms with E-state index in [1.165, 1.54) is 0 Å². The van der Waals surface area contributed by atoms with Gasteiger partial charge in [0.05, 0.1) is 17.1 Å². The van der Waals surface area contributed by atoms with Gasteiger partial charge in [0.15, 0.2) is 0 Å². The molecule has 2 aromatic heterocycles. The highest BCUT2D eigenvalue weighted by Gasteiger charge is 2.19. The summed E-state index contributed by atoms with van der Waals surface area (Å²) >= 11 is 1.60. The van der Waals surface area contributed by atoms with Gasteiger partial charge in [-0.3, -0.25) is 4.79 Å². The predicted octanol–water partition coefficient (Wildman–Crippen LogP) is 3.54. The van der Waals surface area contributed by atoms with Crippen LogP contribution in [-0.4, -0.2) is 21.0 Å². The number of nitrogens with one attached hydrogen (secondary N) is 1. The minimum atomic E-state index is -0.363. The zero-order chi connectivity index (χ0) is 18.0. The minimum Gasteiger partial charge on any atom is -0.344 e. The summed E-state index contributed by atoms with van der Waals surface area (Å²) in [6.07, 6.45) is 0.249. The first-order valence-corrected chi connectivity index (χ1v) is 8.87. The molecular weight excluding hydrogens is 336 g/mol. The third-order valence-electron chi connectivity index (χ3n) is 3.90. The van der Waals surface area contributed by atoms with Crippen LogP contribution in [0.2, 0.25) is 0 Å². The Morgan fingerprint density at radius 2 is 2.00 bits per heavy atom. The van der Waals surface area contributed by atoms with Crippen LogP contribution in [0.1, 0.15) is 40.0 Å². The number of nitrogens with zero attached hydrogens (tertiary/aromatic N) is 3. The van der Waals surface area contributed by atoms with Crippen molar-refractivity contribution in [2.24, 2.45) is 0 Å². The van der Waals surface area contributed by atoms with Crippen LogP contribution in [0, 0.1) is 20.8 Å². The predicted molar refractivity (Wildman–Crippen MR) is 96.3 cm³/mol. The molecule has 0 saturated heterocycles. The number of carbonyl (C=O) groups excluding carboxylic acids is 1. The number of hydrogen-bond acceptors (Lipinski definition) is 6. The van der Waals surface area contributed by atoms with Gasteiger partial charge in [0.25, 0.3) is 0 Å². The Hall–Kier alpha value is -2.54. The molecule has 2 heterocycles. The first-order chi connectivity index (χ1) is 11.9. The van der Waals surface area contributed by atoms with Crippen molar-refractivity contribution in [2.75, 3.05) is 0 Å². The van der Waals surface area contributed by atoms with Crippen LogP contribution in [0.15, 0.2) is 28.8 Å². The minimum absolute atomic E-state index is 0.114. The van der Waals surface area contributed by atoms with Crippen molar-refractivity contribution >= 4 is 17.2 Å². The first-order valence-electron chi connectivity index (χ1n) is 8.06. The fourth-order valence-corrected chi connectivity index (χ4v) is 3.42. The molecule has 0 radical (unpaired) electrons. The fourth-order valence-electron chi connectivity index (χ4n) is 2.59. The largest absolute Gasteiger partial charge is 0.344 e. The van der Waals surface area contributed by atoms with Gasteiger partial charge in [-0.2, -0.15) is 4.98 Å². The number of rotatable bonds is 5. The van der Waals surface area contributed by atoms with Crippen molar-refractivity contribution in [1.82, 2.24) is 20.4 Å². The molecule has 25 heavy (non-hydrogen) atoms. The van der Waals surface area contributed by atoms with E-state index >= 15 is 0 Å². The number of carbonyl (C=O) groups is 1. The zero-order valence-corrected chi connectivity index (χ0v) is 15.5. The van der Waals surface area contributed by atoms with Crippen molar-refractivity contribution in [3.05, 3.63) is 51.3 Å². The smallest absolute Gasteiger partial charge is 0.249 e. The van der Waals surface area contributed by atoms with Gasteiger partial charge in [-0.15, -0.1) is 11.3 Å². The quantitative estimate of drug-likeness (QED) is 0.756. The maximum Gasteiger partial charge on any atom is 0.249 e. The molecule has 1 atom stereocenters. The van der Waals surface area contributed by atoms with Gasteiger partial charge >= 0.3 is 0 Å². The van der Waals surface area contributed by atoms with E-state index in [1.54, 1.807) is 11.3 Å². The second kappa shape index (κ2) is 7.14. The molecule has 130 valence electrons. The average molecular weight is 356 g/mol. The number of aromatic nitrogens is 3. The van der Waals surface area contributed by atoms with Crippen LogP contribution in [0.5, 0.6) is 0 Å². The summed E-state index contributed by atoms with van der Waals surface area (Å²) in [5.74, 6) is 0.800. The Balaban J connectivity index is 1.67. The Kier molecular flexibility index (Phi) is 4.94. The summed E-state index contributed by atoms with van der Waals surface area (Å²) < 4.78 is 5.33. The lowest BCUT2D eigenvalue weighted by atomic mass is 10.1. The third-order valence-corrected chi connectivity index (χ3v) is 4.83. The topological polar surface area (TPSA) is 80.9 Å². The number of aryl methyl sites for hydroxylation is 3. The SMILES string of the molecule is Cc1nc(CC(=O)NC(C)c2nc(-c3ccccc3C)no2)c(C)s1. The summed E-state index contributed by atoms with van der Waals surface area (Å²) in [6.45, 7) is 7.73. The molecule has 0 aliphatic rings. The molecule has 0 aliphatic carbocycles. The van der Waals surface area contributed by atoms with Crippen molar-refractivity contribution in [2.45, 2.75) is 40.2 Å². The van der Waals surface area contributed by atoms with E-state index in [1.807, 2.05) is 52.0 Å². The van der Waals surface area contributed by atoms with E-state index in [-0.39, 0.29) is 18.4 Å². The van der Waals surface area contributed by atoms with Gasteiger partial charge in [-0.1, -0.05) is 29.4 Å². The van der Waals surface area contributed by atoms with E-state index in [0.29, 0.717) is 11.7 Å². The molecule has 1 unspecified atom stereocenters. The summed E-state index contributed by atoms with van der Waals surface area (Å²) in [4.78, 5) is 22.1. The monoisotopic (exact) mass is 356 g/mol. The van der Waals surface area contributed by atoms with Gasteiger partial charge in [0.1, 0.15) is 6.04 Å². The van der Waals surface area contributed by atoms with Crippen LogP contribution in [0.3, 0.4) is 0 Å². The third kappa shape index (κ3) is 3.93. The molecule has 0 saturated carbocycles. The van der Waals surface area contributed by atoms with Crippen molar-refractivity contribution in [3.8, 4) is 11.4 Å². The molecule has 7 heteroatoms. The molecule has 3 aromatic rings. The molecule has 1 N–H and O–H groups in total. The highest BCUT2D eigenvalue weighted by molar-refractivity contribution is 7.11. The molecule has 0 aliphatic heterocycles. The Labute approximate surface area is 150 Å². The fraction of sp³-hybridized carbons (Fsp3) is 0.333. The zero-order valence-electron chi connectivity index (χ0n) is 14.7. The van der Waals surface area contributed by atoms with Crippen LogP contribution in [-0.2, 0) is 11.2 Å². The Morgan fingerprint density at radius 1 is 1.24 bits per heavy atom. The molecule has 1 aromatic carbocycles. The van der Waals surface area contributed by atoms with Crippen LogP contribution in [0.25, 0.3) is 11.4 Å². The molecule has 0 bridgehead atoms. The van der Waals surface area contributed by atoms with Gasteiger partial charge < -0.3 is 9.84 Å². The summed E-state index contributed by atoms with van der Waals surface area (Å²) in [6, 6.07) is 7.47. The normalized spacial score (nSPS) is 12.2. The number of thiazole rings is 1. The van der Waals surface area contributed by atoms with E-state index in [2.05, 4.69) is 20.4 Å². The number of amides is 1. The van der Waals surface area contributed by atoms with E-state index < -0.39 is 0 Å². The molecule has 3 rings (SSSR count). The highest BCUT2D eigenvalue weighted by Crippen LogP contribution is 2.22. The van der Waals surface area contributed by atoms with Gasteiger partial charge in [-0.25, -0.2) is 4.98 Å². The van der Waals surface area contributed by atoms with E-state index in [4.69, 9.17) is 4.52 Å². The lowest BCUT2D eigenvalue weighted by Gasteiger charge is -2.09. The van der Waals surface area contributed by atoms with Gasteiger partial charge in [-0.05, 0) is 33.3 Å². The van der Waals surface area contributed by atoms with E-state index in [9.17, 15) is 4.79 Å². The first kappa shape index (κ1) is 17.3. The van der Waals surface area contributed by atoms with Crippen molar-refractivity contribution in [3.63, 3.8) is 0 Å². The maximum absolute atomic E-state index is 12.3. The molecular formula is C18H20N4O2S. The summed E-state index contributed by atoms with van der Waals surface area (Å²) in [7, 11) is 0. The second-order valence-electron chi connectivity index (χ2n) is 5.97. The average Bonchev–Trinajstić information content (AvgIpc) is 3.15. The van der Waals surface area contributed by atoms with Crippen molar-refractivity contribution in [1.29, 1.82) is 0 Å². The second-order valence-corrected chi connectivity index (χ2v) is 7.38.